The molecule has 5 amide bonds. The number of urea groups is 2. The van der Waals surface area contributed by atoms with E-state index < -0.39 is 41.1 Å². The minimum absolute atomic E-state index is 0.000841. The number of rotatable bonds is 15. The third-order valence-corrected chi connectivity index (χ3v) is 20.4. The number of aliphatic hydroxyl groups excluding tert-OH is 1. The number of primary amides is 1. The molecular weight excluding hydrogens is 1120 g/mol. The van der Waals surface area contributed by atoms with Crippen LogP contribution in [-0.2, 0) is 38.6 Å². The maximum Gasteiger partial charge on any atom is 0.319 e. The van der Waals surface area contributed by atoms with Crippen LogP contribution in [0.4, 0.5) is 32.6 Å². The Morgan fingerprint density at radius 3 is 1.54 bits per heavy atom. The summed E-state index contributed by atoms with van der Waals surface area (Å²) in [5.74, 6) is 1.19. The van der Waals surface area contributed by atoms with Crippen molar-refractivity contribution >= 4 is 83.9 Å². The van der Waals surface area contributed by atoms with Gasteiger partial charge in [0.25, 0.3) is 0 Å². The number of hydrogen-bond donors (Lipinski definition) is 6. The highest BCUT2D eigenvalue weighted by molar-refractivity contribution is 7.93. The number of aromatic nitrogens is 4. The van der Waals surface area contributed by atoms with Crippen LogP contribution >= 0.6 is 23.2 Å². The van der Waals surface area contributed by atoms with E-state index in [1.807, 2.05) is 19.9 Å². The zero-order valence-corrected chi connectivity index (χ0v) is 47.4. The molecule has 4 fully saturated rings. The lowest BCUT2D eigenvalue weighted by atomic mass is 10.1. The number of halogens is 2. The van der Waals surface area contributed by atoms with Gasteiger partial charge in [0, 0.05) is 66.9 Å². The van der Waals surface area contributed by atoms with Crippen LogP contribution in [0, 0.1) is 11.3 Å². The number of carbonyl (C=O) groups excluding carboxylic acids is 3. The number of benzene rings is 4. The summed E-state index contributed by atoms with van der Waals surface area (Å²) in [6.07, 6.45) is 1.44. The van der Waals surface area contributed by atoms with E-state index in [1.54, 1.807) is 60.7 Å². The molecule has 10 rings (SSSR count). The lowest BCUT2D eigenvalue weighted by Crippen LogP contribution is -2.44. The van der Waals surface area contributed by atoms with Gasteiger partial charge in [0.1, 0.15) is 21.1 Å². The second kappa shape index (κ2) is 23.9. The molecule has 81 heavy (non-hydrogen) atoms. The lowest BCUT2D eigenvalue weighted by Gasteiger charge is -2.34. The number of hydrogen-bond acceptors (Lipinski definition) is 17. The molecule has 424 valence electrons. The standard InChI is InChI=1S/C28H31ClN6O6S.C27H27ClN6O4S/c1-17-16-41-13-11-35(17)24-15-23(28(8-9-28)42(39,40)22-7-4-19(25(30)37)14-21(22)29)33-26(34-24)18-2-5-20(6-3-18)32-27(38)31-10-12-36;1-17-16-38-12-11-34(17)24-14-23(32-25(33-24)19-4-6-20(7-5-19)31-26(35)30-2)27(9-10-27)39(36,37)22-8-3-18(15-29)13-21(22)28/h2-7,14-15,17,36H,8-13,16H2,1H3,(H2,30,37)(H2,31,32,38);3-8,13-14,17H,9-12,16H2,1-2H3,(H2,30,31,35)/t2*17-/m00/s1. The Labute approximate surface area is 478 Å². The molecule has 4 aliphatic rings. The summed E-state index contributed by atoms with van der Waals surface area (Å²) in [6.45, 7) is 7.22. The normalized spacial score (nSPS) is 18.0. The minimum Gasteiger partial charge on any atom is -0.395 e. The van der Waals surface area contributed by atoms with Crippen molar-refractivity contribution in [2.24, 2.45) is 5.73 Å². The van der Waals surface area contributed by atoms with Crippen LogP contribution in [0.25, 0.3) is 22.8 Å². The van der Waals surface area contributed by atoms with Crippen LogP contribution in [0.1, 0.15) is 66.8 Å². The summed E-state index contributed by atoms with van der Waals surface area (Å²) in [5.41, 5.74) is 8.89. The molecular formula is C55H58Cl2N12O10S2. The Kier molecular flexibility index (Phi) is 17.2. The topological polar surface area (TPSA) is 314 Å². The number of amides is 5. The molecule has 2 atom stereocenters. The van der Waals surface area contributed by atoms with E-state index >= 15 is 0 Å². The van der Waals surface area contributed by atoms with Crippen LogP contribution in [0.3, 0.4) is 0 Å². The van der Waals surface area contributed by atoms with Gasteiger partial charge in [0.2, 0.25) is 5.91 Å². The Hall–Kier alpha value is -7.50. The molecule has 0 spiro atoms. The van der Waals surface area contributed by atoms with Gasteiger partial charge in [-0.2, -0.15) is 5.26 Å². The van der Waals surface area contributed by atoms with Gasteiger partial charge in [-0.3, -0.25) is 4.79 Å². The Morgan fingerprint density at radius 1 is 0.691 bits per heavy atom. The van der Waals surface area contributed by atoms with Crippen molar-refractivity contribution in [3.8, 4) is 28.8 Å². The Bertz CT molecular complexity index is 3660. The molecule has 0 radical (unpaired) electrons. The summed E-state index contributed by atoms with van der Waals surface area (Å²) < 4.78 is 64.8. The lowest BCUT2D eigenvalue weighted by molar-refractivity contribution is 0.0985. The predicted molar refractivity (Wildman–Crippen MR) is 305 cm³/mol. The number of sulfone groups is 2. The highest BCUT2D eigenvalue weighted by Crippen LogP contribution is 2.57. The first kappa shape index (κ1) is 58.2. The monoisotopic (exact) mass is 1180 g/mol. The van der Waals surface area contributed by atoms with Crippen LogP contribution < -0.4 is 36.8 Å². The van der Waals surface area contributed by atoms with E-state index in [4.69, 9.17) is 63.5 Å². The molecule has 6 aromatic rings. The molecule has 2 aliphatic heterocycles. The van der Waals surface area contributed by atoms with Crippen molar-refractivity contribution in [3.05, 3.63) is 130 Å². The van der Waals surface area contributed by atoms with E-state index in [9.17, 15) is 36.5 Å². The van der Waals surface area contributed by atoms with E-state index in [0.717, 1.165) is 0 Å². The van der Waals surface area contributed by atoms with Crippen LogP contribution in [0.15, 0.2) is 107 Å². The zero-order valence-electron chi connectivity index (χ0n) is 44.3. The van der Waals surface area contributed by atoms with Gasteiger partial charge in [0.05, 0.1) is 88.0 Å². The van der Waals surface area contributed by atoms with Gasteiger partial charge in [-0.25, -0.2) is 46.4 Å². The van der Waals surface area contributed by atoms with Crippen LogP contribution in [-0.4, -0.2) is 132 Å². The quantitative estimate of drug-likeness (QED) is 0.0615. The third kappa shape index (κ3) is 12.1. The van der Waals surface area contributed by atoms with E-state index in [0.29, 0.717) is 122 Å². The van der Waals surface area contributed by atoms with Gasteiger partial charge in [0.15, 0.2) is 31.3 Å². The second-order valence-corrected chi connectivity index (χ2v) is 25.1. The van der Waals surface area contributed by atoms with Gasteiger partial charge < -0.3 is 51.4 Å². The van der Waals surface area contributed by atoms with E-state index in [2.05, 4.69) is 31.1 Å². The van der Waals surface area contributed by atoms with Gasteiger partial charge in [-0.05, 0) is 124 Å². The maximum atomic E-state index is 14.1. The molecule has 4 heterocycles. The Morgan fingerprint density at radius 2 is 1.15 bits per heavy atom. The fourth-order valence-corrected chi connectivity index (χ4v) is 14.6. The summed E-state index contributed by atoms with van der Waals surface area (Å²) in [5, 5.41) is 28.4. The van der Waals surface area contributed by atoms with Crippen molar-refractivity contribution in [3.63, 3.8) is 0 Å². The molecule has 2 saturated heterocycles. The average Bonchev–Trinajstić information content (AvgIpc) is 4.07. The molecule has 22 nitrogen and oxygen atoms in total. The number of aliphatic hydroxyl groups is 1. The maximum absolute atomic E-state index is 14.1. The molecule has 4 aromatic carbocycles. The number of nitrogens with one attached hydrogen (secondary N) is 4. The average molecular weight is 1180 g/mol. The van der Waals surface area contributed by atoms with Crippen LogP contribution in [0.2, 0.25) is 10.0 Å². The molecule has 2 aromatic heterocycles. The first-order valence-electron chi connectivity index (χ1n) is 25.9. The van der Waals surface area contributed by atoms with Gasteiger partial charge in [-0.15, -0.1) is 0 Å². The fraction of sp³-hybridized carbons (Fsp3) is 0.345. The third-order valence-electron chi connectivity index (χ3n) is 14.4. The van der Waals surface area contributed by atoms with Crippen molar-refractivity contribution in [2.75, 3.05) is 80.1 Å². The van der Waals surface area contributed by atoms with Crippen molar-refractivity contribution in [2.45, 2.75) is 70.9 Å². The first-order chi connectivity index (χ1) is 38.7. The number of ether oxygens (including phenoxy) is 2. The minimum atomic E-state index is -4.03. The number of nitrogens with two attached hydrogens (primary N) is 1. The van der Waals surface area contributed by atoms with Gasteiger partial charge >= 0.3 is 12.1 Å². The van der Waals surface area contributed by atoms with Crippen molar-refractivity contribution in [1.29, 1.82) is 5.26 Å². The van der Waals surface area contributed by atoms with E-state index in [1.165, 1.54) is 43.4 Å². The Balaban J connectivity index is 0.000000196. The highest BCUT2D eigenvalue weighted by Gasteiger charge is 2.60. The summed E-state index contributed by atoms with van der Waals surface area (Å²) in [4.78, 5) is 58.5. The number of carbonyl (C=O) groups is 3. The number of nitriles is 1. The number of morpholine rings is 2. The van der Waals surface area contributed by atoms with Crippen LogP contribution in [0.5, 0.6) is 0 Å². The molecule has 2 aliphatic carbocycles. The van der Waals surface area contributed by atoms with E-state index in [-0.39, 0.29) is 62.2 Å². The largest absolute Gasteiger partial charge is 0.395 e. The second-order valence-electron chi connectivity index (χ2n) is 19.8. The van der Waals surface area contributed by atoms with Crippen molar-refractivity contribution in [1.82, 2.24) is 30.6 Å². The molecule has 0 bridgehead atoms. The summed E-state index contributed by atoms with van der Waals surface area (Å²) in [6, 6.07) is 26.7. The fourth-order valence-electron chi connectivity index (χ4n) is 9.60. The SMILES string of the molecule is CNC(=O)Nc1ccc(-c2nc(N3CCOC[C@@H]3C)cc(C3(S(=O)(=O)c4ccc(C#N)cc4Cl)CC3)n2)cc1.C[C@H]1COCCN1c1cc(C2(S(=O)(=O)c3ccc(C(N)=O)cc3Cl)CC2)nc(-c2ccc(NC(=O)NCCO)cc2)n1. The number of nitrogens with zero attached hydrogens (tertiary/aromatic N) is 7. The van der Waals surface area contributed by atoms with Crippen molar-refractivity contribution < 1.29 is 45.8 Å². The molecule has 0 unspecified atom stereocenters. The summed E-state index contributed by atoms with van der Waals surface area (Å²) >= 11 is 12.7. The first-order valence-corrected chi connectivity index (χ1v) is 29.6. The molecule has 7 N–H and O–H groups in total. The number of anilines is 4. The van der Waals surface area contributed by atoms with Gasteiger partial charge in [-0.1, -0.05) is 23.2 Å². The molecule has 2 saturated carbocycles. The highest BCUT2D eigenvalue weighted by atomic mass is 35.5. The summed E-state index contributed by atoms with van der Waals surface area (Å²) in [7, 11) is -6.45. The predicted octanol–water partition coefficient (Wildman–Crippen LogP) is 6.81. The zero-order chi connectivity index (χ0) is 57.9. The smallest absolute Gasteiger partial charge is 0.319 e. The molecule has 26 heteroatoms.